The summed E-state index contributed by atoms with van der Waals surface area (Å²) in [5.74, 6) is -0.364. The van der Waals surface area contributed by atoms with Gasteiger partial charge in [-0.05, 0) is 35.8 Å². The van der Waals surface area contributed by atoms with E-state index in [1.165, 1.54) is 11.1 Å². The number of hydrogen-bond donors (Lipinski definition) is 3. The van der Waals surface area contributed by atoms with E-state index in [0.717, 1.165) is 12.8 Å². The molecule has 4 heterocycles. The molecule has 5 aliphatic rings. The normalized spacial score (nSPS) is 34.4. The van der Waals surface area contributed by atoms with Gasteiger partial charge in [-0.15, -0.1) is 0 Å². The van der Waals surface area contributed by atoms with Gasteiger partial charge in [-0.1, -0.05) is 45.0 Å². The Kier molecular flexibility index (Phi) is 8.56. The van der Waals surface area contributed by atoms with Crippen LogP contribution in [0.4, 0.5) is 0 Å². The highest BCUT2D eigenvalue weighted by molar-refractivity contribution is 5.83. The van der Waals surface area contributed by atoms with Crippen molar-refractivity contribution in [1.29, 1.82) is 0 Å². The molecule has 4 aliphatic heterocycles. The van der Waals surface area contributed by atoms with E-state index in [1.807, 2.05) is 37.8 Å². The predicted octanol–water partition coefficient (Wildman–Crippen LogP) is 0.0980. The standard InChI is InChI=1S/C32H46N4O7/c1-32(2,3)14-28(38)35-17-23-16-34(8-9-42-23)31(41)24-12-21(15-36(24)22-10-19-6-4-5-7-20(19)11-22)33-27(37)13-25-29(39)30(40)26(18-35)43-25/h4-7,21-26,29-30,39-40H,8-18H2,1-3H3,(H,33,37)/t21-,23-,24-,25-,26+,29-,30+/m0/s1. The zero-order valence-electron chi connectivity index (χ0n) is 25.5. The van der Waals surface area contributed by atoms with Gasteiger partial charge in [0.2, 0.25) is 17.7 Å². The number of aliphatic hydroxyl groups is 2. The zero-order chi connectivity index (χ0) is 30.5. The van der Waals surface area contributed by atoms with Gasteiger partial charge in [0.05, 0.1) is 31.3 Å². The van der Waals surface area contributed by atoms with Gasteiger partial charge in [-0.3, -0.25) is 19.3 Å². The molecule has 4 saturated heterocycles. The summed E-state index contributed by atoms with van der Waals surface area (Å²) in [6.45, 7) is 8.00. The average molecular weight is 599 g/mol. The van der Waals surface area contributed by atoms with Gasteiger partial charge in [-0.2, -0.15) is 0 Å². The number of amides is 3. The molecule has 0 saturated carbocycles. The van der Waals surface area contributed by atoms with Crippen LogP contribution >= 0.6 is 0 Å². The number of carbonyl (C=O) groups excluding carboxylic acids is 3. The first kappa shape index (κ1) is 30.5. The summed E-state index contributed by atoms with van der Waals surface area (Å²) in [7, 11) is 0. The third-order valence-corrected chi connectivity index (χ3v) is 9.64. The highest BCUT2D eigenvalue weighted by atomic mass is 16.5. The summed E-state index contributed by atoms with van der Waals surface area (Å²) < 4.78 is 12.1. The quantitative estimate of drug-likeness (QED) is 0.437. The molecule has 0 aromatic heterocycles. The van der Waals surface area contributed by atoms with Crippen molar-refractivity contribution < 1.29 is 34.1 Å². The molecule has 43 heavy (non-hydrogen) atoms. The second kappa shape index (κ2) is 12.1. The minimum Gasteiger partial charge on any atom is -0.388 e. The molecule has 1 aromatic rings. The molecule has 3 N–H and O–H groups in total. The van der Waals surface area contributed by atoms with E-state index in [1.54, 1.807) is 4.90 Å². The Labute approximate surface area is 253 Å². The Bertz CT molecular complexity index is 1200. The summed E-state index contributed by atoms with van der Waals surface area (Å²) in [5, 5.41) is 24.8. The van der Waals surface area contributed by atoms with Crippen LogP contribution in [0.3, 0.4) is 0 Å². The van der Waals surface area contributed by atoms with Crippen LogP contribution in [0.15, 0.2) is 24.3 Å². The number of morpholine rings is 1. The lowest BCUT2D eigenvalue weighted by Gasteiger charge is -2.39. The lowest BCUT2D eigenvalue weighted by Crippen LogP contribution is -2.56. The van der Waals surface area contributed by atoms with Gasteiger partial charge in [-0.25, -0.2) is 0 Å². The molecule has 236 valence electrons. The Balaban J connectivity index is 1.27. The number of fused-ring (bicyclic) bond motifs is 7. The SMILES string of the molecule is CC(C)(C)CC(=O)N1C[C@@H]2CN(CCO2)C(=O)[C@@H]2C[C@@H](CN2C2Cc3ccccc3C2)NC(=O)C[C@@H]2O[C@H](C1)[C@@H](O)[C@H]2O. The number of rotatable bonds is 2. The highest BCUT2D eigenvalue weighted by Gasteiger charge is 2.47. The second-order valence-corrected chi connectivity index (χ2v) is 14.3. The molecular formula is C32H46N4O7. The van der Waals surface area contributed by atoms with E-state index in [9.17, 15) is 24.6 Å². The summed E-state index contributed by atoms with van der Waals surface area (Å²) >= 11 is 0. The maximum absolute atomic E-state index is 14.2. The monoisotopic (exact) mass is 598 g/mol. The van der Waals surface area contributed by atoms with E-state index >= 15 is 0 Å². The third-order valence-electron chi connectivity index (χ3n) is 9.64. The first-order valence-electron chi connectivity index (χ1n) is 15.8. The van der Waals surface area contributed by atoms with Crippen molar-refractivity contribution in [3.05, 3.63) is 35.4 Å². The fraction of sp³-hybridized carbons (Fsp3) is 0.719. The smallest absolute Gasteiger partial charge is 0.240 e. The number of hydrogen-bond acceptors (Lipinski definition) is 8. The topological polar surface area (TPSA) is 132 Å². The Morgan fingerprint density at radius 3 is 2.37 bits per heavy atom. The van der Waals surface area contributed by atoms with Crippen molar-refractivity contribution in [3.63, 3.8) is 0 Å². The summed E-state index contributed by atoms with van der Waals surface area (Å²) in [4.78, 5) is 46.7. The molecule has 6 rings (SSSR count). The van der Waals surface area contributed by atoms with Gasteiger partial charge in [0.15, 0.2) is 0 Å². The molecular weight excluding hydrogens is 552 g/mol. The predicted molar refractivity (Wildman–Crippen MR) is 157 cm³/mol. The third kappa shape index (κ3) is 6.61. The van der Waals surface area contributed by atoms with Crippen LogP contribution in [0.1, 0.15) is 51.2 Å². The number of nitrogens with zero attached hydrogens (tertiary/aromatic N) is 3. The van der Waals surface area contributed by atoms with Crippen LogP contribution in [-0.2, 0) is 36.7 Å². The maximum Gasteiger partial charge on any atom is 0.240 e. The number of ether oxygens (including phenoxy) is 2. The van der Waals surface area contributed by atoms with Crippen molar-refractivity contribution in [1.82, 2.24) is 20.0 Å². The number of likely N-dealkylation sites (tertiary alicyclic amines) is 1. The average Bonchev–Trinajstić information content (AvgIpc) is 3.63. The molecule has 7 atom stereocenters. The first-order chi connectivity index (χ1) is 20.4. The minimum absolute atomic E-state index is 0.0370. The van der Waals surface area contributed by atoms with Gasteiger partial charge in [0.25, 0.3) is 0 Å². The molecule has 1 aromatic carbocycles. The largest absolute Gasteiger partial charge is 0.388 e. The van der Waals surface area contributed by atoms with E-state index in [4.69, 9.17) is 9.47 Å². The molecule has 3 amide bonds. The molecule has 11 nitrogen and oxygen atoms in total. The van der Waals surface area contributed by atoms with Gasteiger partial charge < -0.3 is 34.8 Å². The van der Waals surface area contributed by atoms with Crippen LogP contribution in [0.25, 0.3) is 0 Å². The zero-order valence-corrected chi connectivity index (χ0v) is 25.5. The van der Waals surface area contributed by atoms with Gasteiger partial charge >= 0.3 is 0 Å². The molecule has 11 heteroatoms. The molecule has 6 bridgehead atoms. The second-order valence-electron chi connectivity index (χ2n) is 14.3. The number of benzene rings is 1. The van der Waals surface area contributed by atoms with Gasteiger partial charge in [0, 0.05) is 51.2 Å². The van der Waals surface area contributed by atoms with Crippen molar-refractivity contribution in [3.8, 4) is 0 Å². The van der Waals surface area contributed by atoms with Crippen LogP contribution in [0.2, 0.25) is 0 Å². The Hall–Kier alpha value is -2.57. The molecule has 0 radical (unpaired) electrons. The summed E-state index contributed by atoms with van der Waals surface area (Å²) in [6, 6.07) is 7.96. The first-order valence-corrected chi connectivity index (χ1v) is 15.8. The molecule has 0 unspecified atom stereocenters. The summed E-state index contributed by atoms with van der Waals surface area (Å²) in [6.07, 6.45) is -2.25. The lowest BCUT2D eigenvalue weighted by molar-refractivity contribution is -0.148. The fourth-order valence-corrected chi connectivity index (χ4v) is 7.54. The fourth-order valence-electron chi connectivity index (χ4n) is 7.54. The van der Waals surface area contributed by atoms with Crippen LogP contribution in [-0.4, -0.2) is 131 Å². The lowest BCUT2D eigenvalue weighted by atomic mass is 9.91. The van der Waals surface area contributed by atoms with Crippen molar-refractivity contribution in [2.45, 2.75) is 102 Å². The van der Waals surface area contributed by atoms with Crippen LogP contribution < -0.4 is 5.32 Å². The van der Waals surface area contributed by atoms with E-state index < -0.39 is 30.5 Å². The molecule has 0 spiro atoms. The van der Waals surface area contributed by atoms with Crippen LogP contribution in [0.5, 0.6) is 0 Å². The molecule has 4 fully saturated rings. The number of aliphatic hydroxyl groups excluding tert-OH is 2. The van der Waals surface area contributed by atoms with E-state index in [-0.39, 0.29) is 67.2 Å². The minimum atomic E-state index is -1.25. The van der Waals surface area contributed by atoms with Crippen molar-refractivity contribution in [2.75, 3.05) is 39.3 Å². The number of carbonyl (C=O) groups is 3. The Morgan fingerprint density at radius 1 is 0.977 bits per heavy atom. The van der Waals surface area contributed by atoms with Crippen molar-refractivity contribution >= 4 is 17.7 Å². The Morgan fingerprint density at radius 2 is 1.67 bits per heavy atom. The van der Waals surface area contributed by atoms with E-state index in [0.29, 0.717) is 32.7 Å². The van der Waals surface area contributed by atoms with Crippen molar-refractivity contribution in [2.24, 2.45) is 5.41 Å². The van der Waals surface area contributed by atoms with Crippen LogP contribution in [0, 0.1) is 5.41 Å². The molecule has 1 aliphatic carbocycles. The summed E-state index contributed by atoms with van der Waals surface area (Å²) in [5.41, 5.74) is 2.34. The maximum atomic E-state index is 14.2. The number of nitrogens with one attached hydrogen (secondary N) is 1. The van der Waals surface area contributed by atoms with E-state index in [2.05, 4.69) is 22.3 Å². The van der Waals surface area contributed by atoms with Gasteiger partial charge in [0.1, 0.15) is 18.3 Å². The highest BCUT2D eigenvalue weighted by Crippen LogP contribution is 2.33.